The Morgan fingerprint density at radius 3 is 2.65 bits per heavy atom. The smallest absolute Gasteiger partial charge is 0.123 e. The molecule has 2 fully saturated rings. The molecule has 2 atom stereocenters. The van der Waals surface area contributed by atoms with Gasteiger partial charge in [0.25, 0.3) is 0 Å². The normalized spacial score (nSPS) is 28.9. The third-order valence-electron chi connectivity index (χ3n) is 4.73. The van der Waals surface area contributed by atoms with Crippen LogP contribution in [0, 0.1) is 5.82 Å². The Bertz CT molecular complexity index is 468. The summed E-state index contributed by atoms with van der Waals surface area (Å²) in [5.74, 6) is 0.578. The van der Waals surface area contributed by atoms with E-state index in [1.807, 2.05) is 0 Å². The first-order chi connectivity index (χ1) is 9.65. The molecule has 3 nitrogen and oxygen atoms in total. The number of halogens is 1. The summed E-state index contributed by atoms with van der Waals surface area (Å²) in [6.07, 6.45) is 5.01. The molecule has 0 spiro atoms. The number of hydrogen-bond donors (Lipinski definition) is 1. The SMILES string of the molecule is COc1ccc(F)cc1CN(C)C1CC2CCC(C1)N2. The molecule has 0 aromatic heterocycles. The van der Waals surface area contributed by atoms with E-state index in [0.29, 0.717) is 18.1 Å². The molecule has 1 aromatic carbocycles. The van der Waals surface area contributed by atoms with Gasteiger partial charge in [0, 0.05) is 30.2 Å². The Labute approximate surface area is 120 Å². The molecule has 2 heterocycles. The van der Waals surface area contributed by atoms with E-state index in [-0.39, 0.29) is 5.82 Å². The second-order valence-electron chi connectivity index (χ2n) is 6.13. The van der Waals surface area contributed by atoms with Crippen LogP contribution in [-0.2, 0) is 6.54 Å². The van der Waals surface area contributed by atoms with Crippen LogP contribution >= 0.6 is 0 Å². The first-order valence-corrected chi connectivity index (χ1v) is 7.44. The van der Waals surface area contributed by atoms with Gasteiger partial charge in [-0.05, 0) is 50.9 Å². The van der Waals surface area contributed by atoms with Crippen LogP contribution in [-0.4, -0.2) is 37.2 Å². The van der Waals surface area contributed by atoms with Gasteiger partial charge in [0.15, 0.2) is 0 Å². The van der Waals surface area contributed by atoms with Crippen molar-refractivity contribution in [2.24, 2.45) is 0 Å². The van der Waals surface area contributed by atoms with Crippen LogP contribution in [0.1, 0.15) is 31.2 Å². The average molecular weight is 278 g/mol. The summed E-state index contributed by atoms with van der Waals surface area (Å²) in [7, 11) is 3.78. The van der Waals surface area contributed by atoms with Crippen LogP contribution < -0.4 is 10.1 Å². The third kappa shape index (κ3) is 2.81. The second kappa shape index (κ2) is 5.70. The number of rotatable bonds is 4. The second-order valence-corrected chi connectivity index (χ2v) is 6.13. The highest BCUT2D eigenvalue weighted by atomic mass is 19.1. The number of nitrogens with zero attached hydrogens (tertiary/aromatic N) is 1. The van der Waals surface area contributed by atoms with Crippen LogP contribution in [0.15, 0.2) is 18.2 Å². The molecule has 2 aliphatic rings. The van der Waals surface area contributed by atoms with Crippen molar-refractivity contribution in [3.63, 3.8) is 0 Å². The fourth-order valence-corrected chi connectivity index (χ4v) is 3.66. The summed E-state index contributed by atoms with van der Waals surface area (Å²) in [6, 6.07) is 6.69. The molecule has 2 unspecified atom stereocenters. The lowest BCUT2D eigenvalue weighted by atomic mass is 9.98. The summed E-state index contributed by atoms with van der Waals surface area (Å²) in [5, 5.41) is 3.66. The first-order valence-electron chi connectivity index (χ1n) is 7.44. The zero-order valence-electron chi connectivity index (χ0n) is 12.2. The average Bonchev–Trinajstić information content (AvgIpc) is 2.77. The van der Waals surface area contributed by atoms with Crippen LogP contribution in [0.5, 0.6) is 5.75 Å². The molecule has 4 heteroatoms. The largest absolute Gasteiger partial charge is 0.496 e. The number of ether oxygens (including phenoxy) is 1. The van der Waals surface area contributed by atoms with Crippen LogP contribution in [0.4, 0.5) is 4.39 Å². The zero-order valence-corrected chi connectivity index (χ0v) is 12.2. The maximum Gasteiger partial charge on any atom is 0.123 e. The van der Waals surface area contributed by atoms with E-state index in [1.165, 1.54) is 31.7 Å². The lowest BCUT2D eigenvalue weighted by Gasteiger charge is -2.35. The van der Waals surface area contributed by atoms with Gasteiger partial charge < -0.3 is 10.1 Å². The Morgan fingerprint density at radius 1 is 1.30 bits per heavy atom. The van der Waals surface area contributed by atoms with Crippen molar-refractivity contribution in [2.45, 2.75) is 50.4 Å². The summed E-state index contributed by atoms with van der Waals surface area (Å²) < 4.78 is 18.8. The summed E-state index contributed by atoms with van der Waals surface area (Å²) in [4.78, 5) is 2.35. The molecule has 110 valence electrons. The van der Waals surface area contributed by atoms with E-state index in [0.717, 1.165) is 17.9 Å². The fourth-order valence-electron chi connectivity index (χ4n) is 3.66. The molecule has 3 rings (SSSR count). The van der Waals surface area contributed by atoms with Gasteiger partial charge in [-0.1, -0.05) is 0 Å². The number of methoxy groups -OCH3 is 1. The fraction of sp³-hybridized carbons (Fsp3) is 0.625. The number of nitrogens with one attached hydrogen (secondary N) is 1. The summed E-state index contributed by atoms with van der Waals surface area (Å²) >= 11 is 0. The first kappa shape index (κ1) is 13.8. The lowest BCUT2D eigenvalue weighted by molar-refractivity contribution is 0.164. The van der Waals surface area contributed by atoms with Crippen molar-refractivity contribution in [2.75, 3.05) is 14.2 Å². The highest BCUT2D eigenvalue weighted by Gasteiger charge is 2.35. The van der Waals surface area contributed by atoms with Crippen LogP contribution in [0.3, 0.4) is 0 Å². The molecular weight excluding hydrogens is 255 g/mol. The van der Waals surface area contributed by atoms with Crippen molar-refractivity contribution in [3.8, 4) is 5.75 Å². The van der Waals surface area contributed by atoms with Crippen LogP contribution in [0.25, 0.3) is 0 Å². The monoisotopic (exact) mass is 278 g/mol. The molecule has 0 radical (unpaired) electrons. The van der Waals surface area contributed by atoms with E-state index in [4.69, 9.17) is 4.74 Å². The third-order valence-corrected chi connectivity index (χ3v) is 4.73. The zero-order chi connectivity index (χ0) is 14.1. The van der Waals surface area contributed by atoms with Crippen molar-refractivity contribution >= 4 is 0 Å². The molecule has 0 aliphatic carbocycles. The van der Waals surface area contributed by atoms with Gasteiger partial charge in [-0.3, -0.25) is 4.90 Å². The predicted molar refractivity (Wildman–Crippen MR) is 77.4 cm³/mol. The van der Waals surface area contributed by atoms with Crippen molar-refractivity contribution in [3.05, 3.63) is 29.6 Å². The maximum atomic E-state index is 13.4. The summed E-state index contributed by atoms with van der Waals surface area (Å²) in [5.41, 5.74) is 0.931. The van der Waals surface area contributed by atoms with Gasteiger partial charge in [0.2, 0.25) is 0 Å². The van der Waals surface area contributed by atoms with E-state index >= 15 is 0 Å². The minimum atomic E-state index is -0.195. The van der Waals surface area contributed by atoms with E-state index < -0.39 is 0 Å². The molecule has 2 aliphatic heterocycles. The Kier molecular flexibility index (Phi) is 3.94. The molecule has 2 saturated heterocycles. The van der Waals surface area contributed by atoms with Crippen LogP contribution in [0.2, 0.25) is 0 Å². The van der Waals surface area contributed by atoms with E-state index in [2.05, 4.69) is 17.3 Å². The highest BCUT2D eigenvalue weighted by molar-refractivity contribution is 5.33. The minimum Gasteiger partial charge on any atom is -0.496 e. The molecule has 1 N–H and O–H groups in total. The van der Waals surface area contributed by atoms with Crippen molar-refractivity contribution in [1.29, 1.82) is 0 Å². The minimum absolute atomic E-state index is 0.195. The van der Waals surface area contributed by atoms with Gasteiger partial charge >= 0.3 is 0 Å². The topological polar surface area (TPSA) is 24.5 Å². The van der Waals surface area contributed by atoms with E-state index in [9.17, 15) is 4.39 Å². The molecule has 20 heavy (non-hydrogen) atoms. The van der Waals surface area contributed by atoms with Gasteiger partial charge in [-0.25, -0.2) is 4.39 Å². The number of benzene rings is 1. The van der Waals surface area contributed by atoms with E-state index in [1.54, 1.807) is 19.2 Å². The number of hydrogen-bond acceptors (Lipinski definition) is 3. The predicted octanol–water partition coefficient (Wildman–Crippen LogP) is 2.55. The quantitative estimate of drug-likeness (QED) is 0.916. The Balaban J connectivity index is 1.69. The van der Waals surface area contributed by atoms with Gasteiger partial charge in [0.05, 0.1) is 7.11 Å². The highest BCUT2D eigenvalue weighted by Crippen LogP contribution is 2.30. The van der Waals surface area contributed by atoms with Gasteiger partial charge in [-0.2, -0.15) is 0 Å². The van der Waals surface area contributed by atoms with Crippen molar-refractivity contribution in [1.82, 2.24) is 10.2 Å². The molecule has 0 saturated carbocycles. The number of fused-ring (bicyclic) bond motifs is 2. The molecule has 1 aromatic rings. The van der Waals surface area contributed by atoms with Gasteiger partial charge in [-0.15, -0.1) is 0 Å². The van der Waals surface area contributed by atoms with Crippen molar-refractivity contribution < 1.29 is 9.13 Å². The standard InChI is InChI=1S/C16H23FN2O/c1-19(15-8-13-4-5-14(9-15)18-13)10-11-7-12(17)3-6-16(11)20-2/h3,6-7,13-15,18H,4-5,8-10H2,1-2H3. The maximum absolute atomic E-state index is 13.4. The summed E-state index contributed by atoms with van der Waals surface area (Å²) in [6.45, 7) is 0.741. The van der Waals surface area contributed by atoms with Gasteiger partial charge in [0.1, 0.15) is 11.6 Å². The lowest BCUT2D eigenvalue weighted by Crippen LogP contribution is -2.46. The Morgan fingerprint density at radius 2 is 2.00 bits per heavy atom. The molecule has 2 bridgehead atoms. The number of piperidine rings is 1. The molecular formula is C16H23FN2O. The molecule has 0 amide bonds. The Hall–Kier alpha value is -1.13.